The molecule has 1 rings (SSSR count). The standard InChI is InChI=1S/C21H44OSi/c1-4-5-6-7-8-9-10-11-12-13-17-20-22-23(2,3)21-18-15-14-16-19-21/h21H,4-20H2,1-3H3. The fourth-order valence-electron chi connectivity index (χ4n) is 4.02. The molecule has 1 saturated carbocycles. The average molecular weight is 341 g/mol. The van der Waals surface area contributed by atoms with E-state index in [1.807, 2.05) is 0 Å². The topological polar surface area (TPSA) is 9.23 Å². The molecule has 1 fully saturated rings. The summed E-state index contributed by atoms with van der Waals surface area (Å²) in [5.41, 5.74) is 0.934. The van der Waals surface area contributed by atoms with Gasteiger partial charge in [0.1, 0.15) is 0 Å². The molecular weight excluding hydrogens is 296 g/mol. The van der Waals surface area contributed by atoms with Crippen LogP contribution in [-0.2, 0) is 4.43 Å². The highest BCUT2D eigenvalue weighted by atomic mass is 28.4. The molecule has 0 radical (unpaired) electrons. The molecule has 0 aliphatic heterocycles. The lowest BCUT2D eigenvalue weighted by molar-refractivity contribution is 0.277. The van der Waals surface area contributed by atoms with Crippen molar-refractivity contribution in [2.45, 2.75) is 128 Å². The van der Waals surface area contributed by atoms with Crippen LogP contribution in [0.5, 0.6) is 0 Å². The Balaban J connectivity index is 1.87. The molecule has 0 spiro atoms. The fourth-order valence-corrected chi connectivity index (χ4v) is 6.72. The molecular formula is C21H44OSi. The van der Waals surface area contributed by atoms with Gasteiger partial charge in [-0.25, -0.2) is 0 Å². The van der Waals surface area contributed by atoms with Crippen LogP contribution >= 0.6 is 0 Å². The van der Waals surface area contributed by atoms with E-state index in [4.69, 9.17) is 4.43 Å². The third kappa shape index (κ3) is 10.6. The largest absolute Gasteiger partial charge is 0.417 e. The first-order chi connectivity index (χ1) is 11.2. The maximum Gasteiger partial charge on any atom is 0.189 e. The molecule has 0 aromatic rings. The van der Waals surface area contributed by atoms with Gasteiger partial charge in [-0.3, -0.25) is 0 Å². The van der Waals surface area contributed by atoms with Gasteiger partial charge in [0.25, 0.3) is 0 Å². The van der Waals surface area contributed by atoms with Crippen LogP contribution in [0.2, 0.25) is 18.6 Å². The summed E-state index contributed by atoms with van der Waals surface area (Å²) in [6.07, 6.45) is 22.9. The SMILES string of the molecule is CCCCCCCCCCCCCO[Si](C)(C)C1CCCCC1. The molecule has 2 heteroatoms. The van der Waals surface area contributed by atoms with Gasteiger partial charge in [0.2, 0.25) is 0 Å². The third-order valence-corrected chi connectivity index (χ3v) is 9.30. The summed E-state index contributed by atoms with van der Waals surface area (Å²) in [6.45, 7) is 8.25. The zero-order valence-electron chi connectivity index (χ0n) is 16.5. The predicted molar refractivity (Wildman–Crippen MR) is 107 cm³/mol. The first-order valence-electron chi connectivity index (χ1n) is 10.8. The van der Waals surface area contributed by atoms with Crippen LogP contribution in [0.25, 0.3) is 0 Å². The fraction of sp³-hybridized carbons (Fsp3) is 1.00. The maximum absolute atomic E-state index is 6.39. The Hall–Kier alpha value is 0.177. The average Bonchev–Trinajstić information content (AvgIpc) is 2.56. The van der Waals surface area contributed by atoms with Crippen molar-refractivity contribution in [3.05, 3.63) is 0 Å². The summed E-state index contributed by atoms with van der Waals surface area (Å²) in [6, 6.07) is 0. The number of hydrogen-bond acceptors (Lipinski definition) is 1. The minimum atomic E-state index is -1.40. The van der Waals surface area contributed by atoms with E-state index in [0.29, 0.717) is 0 Å². The Kier molecular flexibility index (Phi) is 12.4. The van der Waals surface area contributed by atoms with Crippen LogP contribution in [0.15, 0.2) is 0 Å². The highest BCUT2D eigenvalue weighted by Gasteiger charge is 2.34. The monoisotopic (exact) mass is 340 g/mol. The second kappa shape index (κ2) is 13.5. The molecule has 0 aromatic heterocycles. The van der Waals surface area contributed by atoms with E-state index < -0.39 is 8.32 Å². The highest BCUT2D eigenvalue weighted by molar-refractivity contribution is 6.72. The Morgan fingerprint density at radius 3 is 1.70 bits per heavy atom. The molecule has 0 bridgehead atoms. The van der Waals surface area contributed by atoms with E-state index in [-0.39, 0.29) is 0 Å². The van der Waals surface area contributed by atoms with Gasteiger partial charge < -0.3 is 4.43 Å². The molecule has 0 aromatic carbocycles. The predicted octanol–water partition coefficient (Wildman–Crippen LogP) is 7.85. The van der Waals surface area contributed by atoms with E-state index >= 15 is 0 Å². The minimum absolute atomic E-state index is 0.934. The van der Waals surface area contributed by atoms with E-state index in [1.54, 1.807) is 0 Å². The quantitative estimate of drug-likeness (QED) is 0.231. The van der Waals surface area contributed by atoms with Crippen molar-refractivity contribution in [3.63, 3.8) is 0 Å². The normalized spacial score (nSPS) is 16.8. The molecule has 1 aliphatic rings. The smallest absolute Gasteiger partial charge is 0.189 e. The number of unbranched alkanes of at least 4 members (excludes halogenated alkanes) is 10. The molecule has 0 saturated heterocycles. The highest BCUT2D eigenvalue weighted by Crippen LogP contribution is 2.37. The molecule has 0 amide bonds. The minimum Gasteiger partial charge on any atom is -0.417 e. The van der Waals surface area contributed by atoms with Crippen molar-refractivity contribution in [3.8, 4) is 0 Å². The van der Waals surface area contributed by atoms with Gasteiger partial charge in [-0.15, -0.1) is 0 Å². The molecule has 23 heavy (non-hydrogen) atoms. The van der Waals surface area contributed by atoms with Crippen molar-refractivity contribution < 1.29 is 4.43 Å². The van der Waals surface area contributed by atoms with Gasteiger partial charge in [0.15, 0.2) is 8.32 Å². The van der Waals surface area contributed by atoms with Crippen LogP contribution in [0.1, 0.15) is 110 Å². The summed E-state index contributed by atoms with van der Waals surface area (Å²) in [5, 5.41) is 0. The second-order valence-corrected chi connectivity index (χ2v) is 12.6. The zero-order chi connectivity index (χ0) is 16.8. The molecule has 0 unspecified atom stereocenters. The van der Waals surface area contributed by atoms with Gasteiger partial charge in [0, 0.05) is 6.61 Å². The zero-order valence-corrected chi connectivity index (χ0v) is 17.5. The third-order valence-electron chi connectivity index (χ3n) is 5.81. The van der Waals surface area contributed by atoms with Crippen molar-refractivity contribution in [1.82, 2.24) is 0 Å². The maximum atomic E-state index is 6.39. The number of hydrogen-bond donors (Lipinski definition) is 0. The lowest BCUT2D eigenvalue weighted by Gasteiger charge is -2.34. The molecule has 138 valence electrons. The summed E-state index contributed by atoms with van der Waals surface area (Å²) < 4.78 is 6.39. The lowest BCUT2D eigenvalue weighted by Crippen LogP contribution is -2.38. The Morgan fingerprint density at radius 1 is 0.696 bits per heavy atom. The van der Waals surface area contributed by atoms with Crippen molar-refractivity contribution >= 4 is 8.32 Å². The second-order valence-electron chi connectivity index (χ2n) is 8.32. The first kappa shape index (κ1) is 21.2. The summed E-state index contributed by atoms with van der Waals surface area (Å²) in [7, 11) is -1.40. The van der Waals surface area contributed by atoms with Crippen molar-refractivity contribution in [1.29, 1.82) is 0 Å². The van der Waals surface area contributed by atoms with E-state index in [2.05, 4.69) is 20.0 Å². The van der Waals surface area contributed by atoms with Crippen molar-refractivity contribution in [2.75, 3.05) is 6.61 Å². The van der Waals surface area contributed by atoms with Gasteiger partial charge in [-0.05, 0) is 25.1 Å². The van der Waals surface area contributed by atoms with Crippen LogP contribution in [0.3, 0.4) is 0 Å². The van der Waals surface area contributed by atoms with Crippen LogP contribution in [0.4, 0.5) is 0 Å². The van der Waals surface area contributed by atoms with Gasteiger partial charge in [-0.2, -0.15) is 0 Å². The van der Waals surface area contributed by atoms with Crippen molar-refractivity contribution in [2.24, 2.45) is 0 Å². The summed E-state index contributed by atoms with van der Waals surface area (Å²) >= 11 is 0. The van der Waals surface area contributed by atoms with Crippen LogP contribution in [-0.4, -0.2) is 14.9 Å². The lowest BCUT2D eigenvalue weighted by atomic mass is 10.0. The van der Waals surface area contributed by atoms with Gasteiger partial charge in [0.05, 0.1) is 0 Å². The molecule has 1 nitrogen and oxygen atoms in total. The first-order valence-corrected chi connectivity index (χ1v) is 13.8. The molecule has 0 atom stereocenters. The van der Waals surface area contributed by atoms with Gasteiger partial charge >= 0.3 is 0 Å². The Morgan fingerprint density at radius 2 is 1.17 bits per heavy atom. The van der Waals surface area contributed by atoms with Gasteiger partial charge in [-0.1, -0.05) is 103 Å². The molecule has 1 aliphatic carbocycles. The number of rotatable bonds is 14. The Bertz CT molecular complexity index is 259. The van der Waals surface area contributed by atoms with Crippen LogP contribution < -0.4 is 0 Å². The summed E-state index contributed by atoms with van der Waals surface area (Å²) in [4.78, 5) is 0. The molecule has 0 N–H and O–H groups in total. The van der Waals surface area contributed by atoms with E-state index in [0.717, 1.165) is 12.1 Å². The van der Waals surface area contributed by atoms with E-state index in [1.165, 1.54) is 103 Å². The molecule has 0 heterocycles. The summed E-state index contributed by atoms with van der Waals surface area (Å²) in [5.74, 6) is 0. The van der Waals surface area contributed by atoms with E-state index in [9.17, 15) is 0 Å². The van der Waals surface area contributed by atoms with Crippen LogP contribution in [0, 0.1) is 0 Å². The Labute approximate surface area is 148 Å².